The van der Waals surface area contributed by atoms with Gasteiger partial charge < -0.3 is 14.8 Å². The summed E-state index contributed by atoms with van der Waals surface area (Å²) in [6, 6.07) is 4.67. The molecular formula is C26H31N5O3. The Balaban J connectivity index is 1.42. The first-order chi connectivity index (χ1) is 16.7. The van der Waals surface area contributed by atoms with Crippen molar-refractivity contribution >= 4 is 17.0 Å². The van der Waals surface area contributed by atoms with Crippen LogP contribution in [0.15, 0.2) is 36.8 Å². The van der Waals surface area contributed by atoms with Gasteiger partial charge in [0.1, 0.15) is 0 Å². The Bertz CT molecular complexity index is 1210. The number of pyridine rings is 1. The quantitative estimate of drug-likeness (QED) is 0.597. The van der Waals surface area contributed by atoms with E-state index in [-0.39, 0.29) is 11.9 Å². The molecule has 3 aromatic rings. The van der Waals surface area contributed by atoms with Crippen molar-refractivity contribution in [1.29, 1.82) is 0 Å². The summed E-state index contributed by atoms with van der Waals surface area (Å²) in [5.74, 6) is -0.0760. The predicted octanol–water partition coefficient (Wildman–Crippen LogP) is 3.98. The van der Waals surface area contributed by atoms with Crippen molar-refractivity contribution in [2.75, 3.05) is 13.7 Å². The number of carbonyl (C=O) groups is 1. The van der Waals surface area contributed by atoms with Crippen LogP contribution in [0.2, 0.25) is 0 Å². The summed E-state index contributed by atoms with van der Waals surface area (Å²) in [7, 11) is 1.76. The van der Waals surface area contributed by atoms with Crippen molar-refractivity contribution in [3.8, 4) is 6.01 Å². The van der Waals surface area contributed by atoms with Crippen LogP contribution in [0.1, 0.15) is 72.6 Å². The summed E-state index contributed by atoms with van der Waals surface area (Å²) < 4.78 is 12.7. The van der Waals surface area contributed by atoms with E-state index in [0.29, 0.717) is 24.3 Å². The molecule has 2 aliphatic carbocycles. The highest BCUT2D eigenvalue weighted by molar-refractivity contribution is 6.01. The van der Waals surface area contributed by atoms with E-state index in [9.17, 15) is 4.79 Å². The highest BCUT2D eigenvalue weighted by Gasteiger charge is 2.24. The second-order valence-electron chi connectivity index (χ2n) is 8.94. The van der Waals surface area contributed by atoms with Crippen molar-refractivity contribution in [3.05, 3.63) is 59.2 Å². The molecule has 0 unspecified atom stereocenters. The van der Waals surface area contributed by atoms with Gasteiger partial charge in [0.2, 0.25) is 0 Å². The fraction of sp³-hybridized carbons (Fsp3) is 0.462. The van der Waals surface area contributed by atoms with Gasteiger partial charge in [0, 0.05) is 31.1 Å². The summed E-state index contributed by atoms with van der Waals surface area (Å²) in [6.07, 6.45) is 14.6. The van der Waals surface area contributed by atoms with Crippen LogP contribution in [0.25, 0.3) is 11.1 Å². The van der Waals surface area contributed by atoms with Gasteiger partial charge in [-0.2, -0.15) is 10.1 Å². The number of ether oxygens (including phenoxy) is 2. The van der Waals surface area contributed by atoms with Gasteiger partial charge in [0.05, 0.1) is 35.7 Å². The molecule has 0 saturated heterocycles. The molecule has 0 atom stereocenters. The molecule has 3 heterocycles. The molecule has 8 nitrogen and oxygen atoms in total. The van der Waals surface area contributed by atoms with Gasteiger partial charge in [-0.1, -0.05) is 6.08 Å². The van der Waals surface area contributed by atoms with Gasteiger partial charge in [-0.3, -0.25) is 4.79 Å². The zero-order valence-corrected chi connectivity index (χ0v) is 19.8. The second kappa shape index (κ2) is 9.93. The number of methoxy groups -OCH3 is 1. The van der Waals surface area contributed by atoms with Gasteiger partial charge in [0.15, 0.2) is 0 Å². The second-order valence-corrected chi connectivity index (χ2v) is 8.94. The normalized spacial score (nSPS) is 20.4. The van der Waals surface area contributed by atoms with E-state index in [4.69, 9.17) is 9.47 Å². The van der Waals surface area contributed by atoms with Gasteiger partial charge in [0.25, 0.3) is 5.91 Å². The number of hydrogen-bond acceptors (Lipinski definition) is 6. The van der Waals surface area contributed by atoms with Crippen LogP contribution in [0.5, 0.6) is 6.01 Å². The Morgan fingerprint density at radius 1 is 1.24 bits per heavy atom. The minimum atomic E-state index is -0.0760. The molecule has 0 radical (unpaired) electrons. The topological polar surface area (TPSA) is 90.6 Å². The lowest BCUT2D eigenvalue weighted by molar-refractivity contribution is 0.0599. The van der Waals surface area contributed by atoms with Crippen LogP contribution >= 0.6 is 0 Å². The van der Waals surface area contributed by atoms with Crippen LogP contribution in [-0.2, 0) is 11.2 Å². The monoisotopic (exact) mass is 461 g/mol. The smallest absolute Gasteiger partial charge is 0.316 e. The van der Waals surface area contributed by atoms with Gasteiger partial charge >= 0.3 is 6.01 Å². The van der Waals surface area contributed by atoms with Gasteiger partial charge in [-0.25, -0.2) is 9.50 Å². The van der Waals surface area contributed by atoms with Crippen LogP contribution in [0, 0.1) is 0 Å². The number of allylic oxidation sites excluding steroid dienone is 1. The molecule has 178 valence electrons. The molecule has 1 N–H and O–H groups in total. The van der Waals surface area contributed by atoms with E-state index in [2.05, 4.69) is 26.5 Å². The van der Waals surface area contributed by atoms with Crippen molar-refractivity contribution in [2.45, 2.75) is 64.0 Å². The standard InChI is InChI=1S/C26H31N5O3/c1-3-34-26-27-15-21-20(6-4-5-7-23(21)30-26)17-12-13-31-24(14-17)22(16-28-31)25(32)29-18-8-10-19(33-2)11-9-18/h6,12-16,18-19H,3-5,7-11H2,1-2H3,(H,29,32). The molecule has 2 aliphatic rings. The molecule has 34 heavy (non-hydrogen) atoms. The molecule has 0 aromatic carbocycles. The summed E-state index contributed by atoms with van der Waals surface area (Å²) in [5, 5.41) is 7.62. The summed E-state index contributed by atoms with van der Waals surface area (Å²) in [4.78, 5) is 22.2. The maximum absolute atomic E-state index is 13.1. The van der Waals surface area contributed by atoms with E-state index in [1.807, 2.05) is 31.5 Å². The van der Waals surface area contributed by atoms with Crippen LogP contribution < -0.4 is 10.1 Å². The molecular weight excluding hydrogens is 430 g/mol. The lowest BCUT2D eigenvalue weighted by atomic mass is 9.93. The maximum Gasteiger partial charge on any atom is 0.316 e. The third-order valence-corrected chi connectivity index (χ3v) is 6.80. The van der Waals surface area contributed by atoms with E-state index in [1.165, 1.54) is 0 Å². The van der Waals surface area contributed by atoms with Crippen molar-refractivity contribution in [1.82, 2.24) is 24.9 Å². The molecule has 3 aromatic heterocycles. The molecule has 0 aliphatic heterocycles. The van der Waals surface area contributed by atoms with Crippen molar-refractivity contribution in [2.24, 2.45) is 0 Å². The third-order valence-electron chi connectivity index (χ3n) is 6.80. The predicted molar refractivity (Wildman–Crippen MR) is 129 cm³/mol. The number of carbonyl (C=O) groups excluding carboxylic acids is 1. The average Bonchev–Trinajstić information content (AvgIpc) is 3.17. The Kier molecular flexibility index (Phi) is 6.58. The van der Waals surface area contributed by atoms with Gasteiger partial charge in [-0.15, -0.1) is 0 Å². The molecule has 1 fully saturated rings. The SMILES string of the molecule is CCOc1ncc2c(n1)CCCC=C2c1ccn2ncc(C(=O)NC3CCC(OC)CC3)c2c1. The molecule has 8 heteroatoms. The number of hydrogen-bond donors (Lipinski definition) is 1. The lowest BCUT2D eigenvalue weighted by Crippen LogP contribution is -2.38. The lowest BCUT2D eigenvalue weighted by Gasteiger charge is -2.28. The largest absolute Gasteiger partial charge is 0.464 e. The molecule has 5 rings (SSSR count). The maximum atomic E-state index is 13.1. The molecule has 1 amide bonds. The average molecular weight is 462 g/mol. The van der Waals surface area contributed by atoms with Crippen LogP contribution in [0.4, 0.5) is 0 Å². The summed E-state index contributed by atoms with van der Waals surface area (Å²) >= 11 is 0. The highest BCUT2D eigenvalue weighted by Crippen LogP contribution is 2.31. The van der Waals surface area contributed by atoms with E-state index >= 15 is 0 Å². The molecule has 0 bridgehead atoms. The number of rotatable bonds is 6. The number of amides is 1. The minimum Gasteiger partial charge on any atom is -0.464 e. The van der Waals surface area contributed by atoms with Crippen LogP contribution in [-0.4, -0.2) is 51.4 Å². The zero-order valence-electron chi connectivity index (χ0n) is 19.8. The van der Waals surface area contributed by atoms with Crippen LogP contribution in [0.3, 0.4) is 0 Å². The van der Waals surface area contributed by atoms with Crippen molar-refractivity contribution in [3.63, 3.8) is 0 Å². The third kappa shape index (κ3) is 4.55. The minimum absolute atomic E-state index is 0.0760. The number of nitrogens with zero attached hydrogens (tertiary/aromatic N) is 4. The summed E-state index contributed by atoms with van der Waals surface area (Å²) in [5.41, 5.74) is 5.51. The zero-order chi connectivity index (χ0) is 23.5. The van der Waals surface area contributed by atoms with E-state index in [1.54, 1.807) is 17.8 Å². The Hall–Kier alpha value is -3.26. The van der Waals surface area contributed by atoms with Gasteiger partial charge in [-0.05, 0) is 75.1 Å². The first-order valence-electron chi connectivity index (χ1n) is 12.2. The number of aryl methyl sites for hydroxylation is 1. The Morgan fingerprint density at radius 2 is 2.09 bits per heavy atom. The van der Waals surface area contributed by atoms with E-state index in [0.717, 1.165) is 72.9 Å². The number of aromatic nitrogens is 4. The first-order valence-corrected chi connectivity index (χ1v) is 12.2. The fourth-order valence-electron chi connectivity index (χ4n) is 4.94. The highest BCUT2D eigenvalue weighted by atomic mass is 16.5. The first kappa shape index (κ1) is 22.5. The Labute approximate surface area is 199 Å². The fourth-order valence-corrected chi connectivity index (χ4v) is 4.94. The Morgan fingerprint density at radius 3 is 2.88 bits per heavy atom. The van der Waals surface area contributed by atoms with Crippen molar-refractivity contribution < 1.29 is 14.3 Å². The molecule has 1 saturated carbocycles. The summed E-state index contributed by atoms with van der Waals surface area (Å²) in [6.45, 7) is 2.47. The number of nitrogens with one attached hydrogen (secondary N) is 1. The number of fused-ring (bicyclic) bond motifs is 2. The van der Waals surface area contributed by atoms with E-state index < -0.39 is 0 Å². The molecule has 0 spiro atoms.